The lowest BCUT2D eigenvalue weighted by Gasteiger charge is -2.31. The number of nitrogens with one attached hydrogen (secondary N) is 1. The van der Waals surface area contributed by atoms with Gasteiger partial charge in [0.05, 0.1) is 29.0 Å². The molecule has 1 fully saturated rings. The first-order valence-corrected chi connectivity index (χ1v) is 15.0. The Bertz CT molecular complexity index is 1340. The summed E-state index contributed by atoms with van der Waals surface area (Å²) in [4.78, 5) is 18.2. The molecule has 0 spiro atoms. The van der Waals surface area contributed by atoms with Gasteiger partial charge in [-0.15, -0.1) is 0 Å². The molecule has 3 aromatic rings. The summed E-state index contributed by atoms with van der Waals surface area (Å²) in [6.45, 7) is 10.4. The van der Waals surface area contributed by atoms with Crippen LogP contribution >= 0.6 is 0 Å². The van der Waals surface area contributed by atoms with E-state index in [-0.39, 0.29) is 10.8 Å². The second-order valence-corrected chi connectivity index (χ2v) is 11.9. The van der Waals surface area contributed by atoms with Crippen LogP contribution in [-0.2, 0) is 16.6 Å². The highest BCUT2D eigenvalue weighted by atomic mass is 32.2. The molecule has 7 nitrogen and oxygen atoms in total. The molecule has 2 heterocycles. The smallest absolute Gasteiger partial charge is 0.262 e. The van der Waals surface area contributed by atoms with Crippen LogP contribution in [0, 0.1) is 20.8 Å². The zero-order chi connectivity index (χ0) is 27.3. The topological polar surface area (TPSA) is 82.9 Å². The van der Waals surface area contributed by atoms with E-state index in [9.17, 15) is 13.2 Å². The van der Waals surface area contributed by atoms with Crippen LogP contribution in [0.3, 0.4) is 0 Å². The first-order valence-electron chi connectivity index (χ1n) is 13.5. The molecule has 0 unspecified atom stereocenters. The summed E-state index contributed by atoms with van der Waals surface area (Å²) in [5.41, 5.74) is 4.08. The number of unbranched alkanes of at least 4 members (excludes halogenated alkanes) is 1. The van der Waals surface area contributed by atoms with Gasteiger partial charge in [-0.05, 0) is 87.9 Å². The Hall–Kier alpha value is -3.26. The minimum absolute atomic E-state index is 0.0654. The van der Waals surface area contributed by atoms with E-state index in [1.54, 1.807) is 18.4 Å². The molecule has 1 aliphatic rings. The predicted octanol–water partition coefficient (Wildman–Crippen LogP) is 6.44. The van der Waals surface area contributed by atoms with E-state index in [1.165, 1.54) is 0 Å². The number of aryl methyl sites for hydroxylation is 3. The van der Waals surface area contributed by atoms with Gasteiger partial charge in [-0.1, -0.05) is 31.0 Å². The van der Waals surface area contributed by atoms with Gasteiger partial charge in [0, 0.05) is 25.3 Å². The summed E-state index contributed by atoms with van der Waals surface area (Å²) in [6.07, 6.45) is 6.69. The minimum Gasteiger partial charge on any atom is -0.467 e. The highest BCUT2D eigenvalue weighted by Crippen LogP contribution is 2.31. The van der Waals surface area contributed by atoms with Gasteiger partial charge in [-0.3, -0.25) is 9.52 Å². The van der Waals surface area contributed by atoms with E-state index in [0.29, 0.717) is 42.0 Å². The lowest BCUT2D eigenvalue weighted by atomic mass is 10.1. The van der Waals surface area contributed by atoms with Crippen molar-refractivity contribution in [2.75, 3.05) is 29.3 Å². The molecule has 0 radical (unpaired) electrons. The molecule has 4 rings (SSSR count). The second-order valence-electron chi connectivity index (χ2n) is 10.3. The van der Waals surface area contributed by atoms with Crippen molar-refractivity contribution in [1.82, 2.24) is 4.90 Å². The molecule has 38 heavy (non-hydrogen) atoms. The van der Waals surface area contributed by atoms with Crippen molar-refractivity contribution in [2.24, 2.45) is 0 Å². The SMILES string of the molecule is CCCCN(Cc1ccco1)c1ccc(NS(=O)(=O)c2c(C)cc(C)cc2C)cc1C(=O)N1CCCCC1. The number of furan rings is 1. The first kappa shape index (κ1) is 27.8. The van der Waals surface area contributed by atoms with Gasteiger partial charge < -0.3 is 14.2 Å². The Morgan fingerprint density at radius 2 is 1.74 bits per heavy atom. The lowest BCUT2D eigenvalue weighted by molar-refractivity contribution is 0.0725. The molecule has 8 heteroatoms. The van der Waals surface area contributed by atoms with Crippen LogP contribution in [0.15, 0.2) is 58.0 Å². The lowest BCUT2D eigenvalue weighted by Crippen LogP contribution is -2.37. The standard InChI is InChI=1S/C30H39N3O4S/c1-5-6-14-33(21-26-11-10-17-37-26)28-13-12-25(20-27(28)30(34)32-15-8-7-9-16-32)31-38(35,36)29-23(3)18-22(2)19-24(29)4/h10-13,17-20,31H,5-9,14-16,21H2,1-4H3. The van der Waals surface area contributed by atoms with E-state index in [2.05, 4.69) is 16.5 Å². The maximum Gasteiger partial charge on any atom is 0.262 e. The molecule has 0 aliphatic carbocycles. The number of nitrogens with zero attached hydrogens (tertiary/aromatic N) is 2. The normalized spacial score (nSPS) is 13.9. The molecular formula is C30H39N3O4S. The summed E-state index contributed by atoms with van der Waals surface area (Å²) in [5, 5.41) is 0. The van der Waals surface area contributed by atoms with Crippen molar-refractivity contribution >= 4 is 27.3 Å². The number of hydrogen-bond donors (Lipinski definition) is 1. The quantitative estimate of drug-likeness (QED) is 0.322. The molecule has 204 valence electrons. The van der Waals surface area contributed by atoms with Crippen molar-refractivity contribution in [3.8, 4) is 0 Å². The summed E-state index contributed by atoms with van der Waals surface area (Å²) in [5.74, 6) is 0.747. The minimum atomic E-state index is -3.85. The molecule has 1 N–H and O–H groups in total. The van der Waals surface area contributed by atoms with E-state index < -0.39 is 10.0 Å². The zero-order valence-electron chi connectivity index (χ0n) is 22.9. The summed E-state index contributed by atoms with van der Waals surface area (Å²) in [7, 11) is -3.85. The number of piperidine rings is 1. The molecule has 0 atom stereocenters. The fourth-order valence-corrected chi connectivity index (χ4v) is 6.84. The van der Waals surface area contributed by atoms with E-state index >= 15 is 0 Å². The number of anilines is 2. The molecule has 0 bridgehead atoms. The Morgan fingerprint density at radius 1 is 1.03 bits per heavy atom. The molecular weight excluding hydrogens is 498 g/mol. The molecule has 1 saturated heterocycles. The number of amides is 1. The molecule has 1 amide bonds. The number of carbonyl (C=O) groups is 1. The van der Waals surface area contributed by atoms with Gasteiger partial charge in [-0.25, -0.2) is 8.42 Å². The molecule has 1 aromatic heterocycles. The predicted molar refractivity (Wildman–Crippen MR) is 152 cm³/mol. The Balaban J connectivity index is 1.74. The van der Waals surface area contributed by atoms with Crippen molar-refractivity contribution in [3.63, 3.8) is 0 Å². The maximum absolute atomic E-state index is 13.8. The number of benzene rings is 2. The number of likely N-dealkylation sites (tertiary alicyclic amines) is 1. The van der Waals surface area contributed by atoms with Crippen LogP contribution in [-0.4, -0.2) is 38.9 Å². The molecule has 2 aromatic carbocycles. The third kappa shape index (κ3) is 6.41. The van der Waals surface area contributed by atoms with Gasteiger partial charge in [-0.2, -0.15) is 0 Å². The second kappa shape index (κ2) is 12.1. The van der Waals surface area contributed by atoms with Gasteiger partial charge in [0.1, 0.15) is 5.76 Å². The van der Waals surface area contributed by atoms with E-state index in [0.717, 1.165) is 55.7 Å². The van der Waals surface area contributed by atoms with Crippen molar-refractivity contribution in [3.05, 3.63) is 76.7 Å². The monoisotopic (exact) mass is 537 g/mol. The molecule has 1 aliphatic heterocycles. The van der Waals surface area contributed by atoms with Crippen LogP contribution in [0.5, 0.6) is 0 Å². The fourth-order valence-electron chi connectivity index (χ4n) is 5.34. The van der Waals surface area contributed by atoms with Gasteiger partial charge in [0.15, 0.2) is 0 Å². The Kier molecular flexibility index (Phi) is 8.82. The van der Waals surface area contributed by atoms with Gasteiger partial charge in [0.2, 0.25) is 0 Å². The van der Waals surface area contributed by atoms with Gasteiger partial charge >= 0.3 is 0 Å². The van der Waals surface area contributed by atoms with Crippen molar-refractivity contribution < 1.29 is 17.6 Å². The van der Waals surface area contributed by atoms with Crippen LogP contribution in [0.1, 0.15) is 71.8 Å². The summed E-state index contributed by atoms with van der Waals surface area (Å²) in [6, 6.07) is 12.8. The van der Waals surface area contributed by atoms with Crippen molar-refractivity contribution in [1.29, 1.82) is 0 Å². The highest BCUT2D eigenvalue weighted by Gasteiger charge is 2.26. The van der Waals surface area contributed by atoms with Crippen molar-refractivity contribution in [2.45, 2.75) is 71.2 Å². The van der Waals surface area contributed by atoms with Gasteiger partial charge in [0.25, 0.3) is 15.9 Å². The first-order chi connectivity index (χ1) is 18.2. The average Bonchev–Trinajstić information content (AvgIpc) is 3.39. The Labute approximate surface area is 226 Å². The highest BCUT2D eigenvalue weighted by molar-refractivity contribution is 7.92. The summed E-state index contributed by atoms with van der Waals surface area (Å²) >= 11 is 0. The number of hydrogen-bond acceptors (Lipinski definition) is 5. The fraction of sp³-hybridized carbons (Fsp3) is 0.433. The summed E-state index contributed by atoms with van der Waals surface area (Å²) < 4.78 is 35.3. The number of rotatable bonds is 10. The maximum atomic E-state index is 13.8. The third-order valence-corrected chi connectivity index (χ3v) is 8.73. The number of carbonyl (C=O) groups excluding carboxylic acids is 1. The number of sulfonamides is 1. The Morgan fingerprint density at radius 3 is 2.37 bits per heavy atom. The average molecular weight is 538 g/mol. The van der Waals surface area contributed by atoms with Crippen LogP contribution in [0.2, 0.25) is 0 Å². The third-order valence-electron chi connectivity index (χ3n) is 7.04. The van der Waals surface area contributed by atoms with E-state index in [4.69, 9.17) is 4.42 Å². The zero-order valence-corrected chi connectivity index (χ0v) is 23.7. The van der Waals surface area contributed by atoms with E-state index in [1.807, 2.05) is 56.0 Å². The molecule has 0 saturated carbocycles. The van der Waals surface area contributed by atoms with Crippen LogP contribution in [0.4, 0.5) is 11.4 Å². The van der Waals surface area contributed by atoms with Crippen LogP contribution in [0.25, 0.3) is 0 Å². The van der Waals surface area contributed by atoms with Crippen LogP contribution < -0.4 is 9.62 Å². The largest absolute Gasteiger partial charge is 0.467 e.